The first-order valence-electron chi connectivity index (χ1n) is 4.88. The summed E-state index contributed by atoms with van der Waals surface area (Å²) in [6, 6.07) is 8.33. The van der Waals surface area contributed by atoms with Gasteiger partial charge in [0.15, 0.2) is 0 Å². The van der Waals surface area contributed by atoms with E-state index in [1.165, 1.54) is 18.4 Å². The van der Waals surface area contributed by atoms with Gasteiger partial charge in [0.2, 0.25) is 0 Å². The highest BCUT2D eigenvalue weighted by molar-refractivity contribution is 5.36. The lowest BCUT2D eigenvalue weighted by atomic mass is 10.1. The molecule has 0 saturated carbocycles. The summed E-state index contributed by atoms with van der Waals surface area (Å²) in [5.74, 6) is 6.35. The summed E-state index contributed by atoms with van der Waals surface area (Å²) in [5, 5.41) is 0. The van der Waals surface area contributed by atoms with E-state index in [2.05, 4.69) is 50.0 Å². The molecule has 0 heterocycles. The average Bonchev–Trinajstić information content (AvgIpc) is 2.13. The molecule has 0 aromatic heterocycles. The lowest BCUT2D eigenvalue weighted by Gasteiger charge is -1.92. The molecular weight excluding hydrogens is 156 g/mol. The van der Waals surface area contributed by atoms with Crippen molar-refractivity contribution in [3.63, 3.8) is 0 Å². The molecule has 0 aliphatic heterocycles. The van der Waals surface area contributed by atoms with Crippen molar-refractivity contribution in [1.82, 2.24) is 0 Å². The number of aryl methyl sites for hydroxylation is 1. The Morgan fingerprint density at radius 1 is 1.31 bits per heavy atom. The molecule has 0 saturated heterocycles. The molecule has 0 N–H and O–H groups in total. The second kappa shape index (κ2) is 5.43. The number of hydrogen-bond acceptors (Lipinski definition) is 0. The van der Waals surface area contributed by atoms with Crippen molar-refractivity contribution in [3.8, 4) is 11.8 Å². The quantitative estimate of drug-likeness (QED) is 0.473. The third kappa shape index (κ3) is 3.80. The van der Waals surface area contributed by atoms with E-state index in [0.717, 1.165) is 12.0 Å². The molecule has 0 nitrogen and oxygen atoms in total. The number of rotatable bonds is 2. The van der Waals surface area contributed by atoms with Gasteiger partial charge in [0, 0.05) is 12.0 Å². The van der Waals surface area contributed by atoms with E-state index < -0.39 is 0 Å². The molecule has 0 spiro atoms. The fourth-order valence-corrected chi connectivity index (χ4v) is 1.15. The van der Waals surface area contributed by atoms with Gasteiger partial charge in [-0.3, -0.25) is 0 Å². The maximum atomic E-state index is 3.18. The predicted octanol–water partition coefficient (Wildman–Crippen LogP) is 3.54. The van der Waals surface area contributed by atoms with Gasteiger partial charge in [0.05, 0.1) is 0 Å². The largest absolute Gasteiger partial charge is 0.0979 e. The molecule has 1 aromatic rings. The van der Waals surface area contributed by atoms with E-state index >= 15 is 0 Å². The summed E-state index contributed by atoms with van der Waals surface area (Å²) in [6.07, 6.45) is 3.45. The van der Waals surface area contributed by atoms with Crippen LogP contribution in [0, 0.1) is 18.8 Å². The summed E-state index contributed by atoms with van der Waals surface area (Å²) in [7, 11) is 0. The van der Waals surface area contributed by atoms with Gasteiger partial charge >= 0.3 is 0 Å². The minimum absolute atomic E-state index is 1.02. The summed E-state index contributed by atoms with van der Waals surface area (Å²) in [5.41, 5.74) is 2.42. The van der Waals surface area contributed by atoms with Crippen LogP contribution in [0.2, 0.25) is 0 Å². The van der Waals surface area contributed by atoms with Crippen LogP contribution in [0.3, 0.4) is 0 Å². The van der Waals surface area contributed by atoms with Gasteiger partial charge in [0.1, 0.15) is 0 Å². The van der Waals surface area contributed by atoms with Gasteiger partial charge in [-0.05, 0) is 31.0 Å². The van der Waals surface area contributed by atoms with E-state index in [4.69, 9.17) is 0 Å². The van der Waals surface area contributed by atoms with Crippen molar-refractivity contribution >= 4 is 0 Å². The standard InChI is InChI=1S/C13H16/c1-3-4-5-6-9-13-10-7-8-12(2)11-13/h7-8,10-11H,3-5H2,1-2H3. The zero-order valence-corrected chi connectivity index (χ0v) is 8.43. The van der Waals surface area contributed by atoms with Crippen LogP contribution < -0.4 is 0 Å². The number of hydrogen-bond donors (Lipinski definition) is 0. The van der Waals surface area contributed by atoms with Crippen LogP contribution in [0.15, 0.2) is 24.3 Å². The normalized spacial score (nSPS) is 9.08. The van der Waals surface area contributed by atoms with Crippen molar-refractivity contribution in [1.29, 1.82) is 0 Å². The van der Waals surface area contributed by atoms with E-state index in [0.29, 0.717) is 0 Å². The smallest absolute Gasteiger partial charge is 0.0247 e. The predicted molar refractivity (Wildman–Crippen MR) is 57.6 cm³/mol. The summed E-state index contributed by atoms with van der Waals surface area (Å²) < 4.78 is 0. The zero-order valence-electron chi connectivity index (χ0n) is 8.43. The molecule has 0 amide bonds. The first-order chi connectivity index (χ1) is 6.33. The Bertz CT molecular complexity index is 312. The molecule has 0 heteroatoms. The molecule has 0 fully saturated rings. The van der Waals surface area contributed by atoms with Crippen molar-refractivity contribution < 1.29 is 0 Å². The van der Waals surface area contributed by atoms with Crippen LogP contribution in [0.1, 0.15) is 37.3 Å². The van der Waals surface area contributed by atoms with Gasteiger partial charge in [-0.2, -0.15) is 0 Å². The monoisotopic (exact) mass is 172 g/mol. The summed E-state index contributed by atoms with van der Waals surface area (Å²) in [4.78, 5) is 0. The van der Waals surface area contributed by atoms with Crippen LogP contribution in [0.25, 0.3) is 0 Å². The van der Waals surface area contributed by atoms with Crippen molar-refractivity contribution in [2.24, 2.45) is 0 Å². The molecule has 0 unspecified atom stereocenters. The highest BCUT2D eigenvalue weighted by Gasteiger charge is 1.85. The van der Waals surface area contributed by atoms with Crippen LogP contribution in [0.4, 0.5) is 0 Å². The van der Waals surface area contributed by atoms with Crippen LogP contribution in [-0.4, -0.2) is 0 Å². The minimum Gasteiger partial charge on any atom is -0.0979 e. The minimum atomic E-state index is 1.02. The van der Waals surface area contributed by atoms with Crippen molar-refractivity contribution in [2.75, 3.05) is 0 Å². The molecule has 1 aromatic carbocycles. The lowest BCUT2D eigenvalue weighted by molar-refractivity contribution is 0.828. The Hall–Kier alpha value is -1.22. The molecule has 0 atom stereocenters. The molecule has 13 heavy (non-hydrogen) atoms. The first kappa shape index (κ1) is 9.86. The van der Waals surface area contributed by atoms with E-state index in [-0.39, 0.29) is 0 Å². The van der Waals surface area contributed by atoms with Crippen molar-refractivity contribution in [3.05, 3.63) is 35.4 Å². The van der Waals surface area contributed by atoms with Gasteiger partial charge in [-0.25, -0.2) is 0 Å². The Kier molecular flexibility index (Phi) is 4.12. The van der Waals surface area contributed by atoms with Crippen LogP contribution in [-0.2, 0) is 0 Å². The van der Waals surface area contributed by atoms with Gasteiger partial charge < -0.3 is 0 Å². The van der Waals surface area contributed by atoms with Gasteiger partial charge in [-0.15, -0.1) is 0 Å². The Labute approximate surface area is 81.0 Å². The maximum Gasteiger partial charge on any atom is 0.0247 e. The molecule has 0 bridgehead atoms. The Morgan fingerprint density at radius 3 is 2.85 bits per heavy atom. The van der Waals surface area contributed by atoms with E-state index in [1.807, 2.05) is 0 Å². The summed E-state index contributed by atoms with van der Waals surface area (Å²) >= 11 is 0. The van der Waals surface area contributed by atoms with Gasteiger partial charge in [-0.1, -0.05) is 37.3 Å². The van der Waals surface area contributed by atoms with Crippen LogP contribution in [0.5, 0.6) is 0 Å². The third-order valence-corrected chi connectivity index (χ3v) is 1.91. The van der Waals surface area contributed by atoms with E-state index in [1.54, 1.807) is 0 Å². The fourth-order valence-electron chi connectivity index (χ4n) is 1.15. The second-order valence-corrected chi connectivity index (χ2v) is 3.27. The molecule has 0 aliphatic rings. The number of unbranched alkanes of at least 4 members (excludes halogenated alkanes) is 2. The molecule has 0 radical (unpaired) electrons. The first-order valence-corrected chi connectivity index (χ1v) is 4.88. The SMILES string of the molecule is CCCCC#Cc1cccc(C)c1. The number of benzene rings is 1. The van der Waals surface area contributed by atoms with E-state index in [9.17, 15) is 0 Å². The lowest BCUT2D eigenvalue weighted by Crippen LogP contribution is -1.76. The van der Waals surface area contributed by atoms with Gasteiger partial charge in [0.25, 0.3) is 0 Å². The van der Waals surface area contributed by atoms with Crippen LogP contribution >= 0.6 is 0 Å². The highest BCUT2D eigenvalue weighted by Crippen LogP contribution is 2.02. The second-order valence-electron chi connectivity index (χ2n) is 3.27. The average molecular weight is 172 g/mol. The molecule has 0 aliphatic carbocycles. The Balaban J connectivity index is 2.56. The summed E-state index contributed by atoms with van der Waals surface area (Å²) in [6.45, 7) is 4.28. The molecule has 68 valence electrons. The fraction of sp³-hybridized carbons (Fsp3) is 0.385. The zero-order chi connectivity index (χ0) is 9.52. The molecular formula is C13H16. The topological polar surface area (TPSA) is 0 Å². The van der Waals surface area contributed by atoms with Crippen molar-refractivity contribution in [2.45, 2.75) is 33.1 Å². The highest BCUT2D eigenvalue weighted by atomic mass is 13.9. The third-order valence-electron chi connectivity index (χ3n) is 1.91. The maximum absolute atomic E-state index is 3.18. The molecule has 1 rings (SSSR count). The Morgan fingerprint density at radius 2 is 2.15 bits per heavy atom.